The van der Waals surface area contributed by atoms with Gasteiger partial charge in [-0.25, -0.2) is 0 Å². The SMILES string of the molecule is Cc1cc(-c2noc(C3(C)CCCC3N)n2)cc(C)n1. The van der Waals surface area contributed by atoms with Crippen molar-refractivity contribution in [1.82, 2.24) is 15.1 Å². The molecule has 0 spiro atoms. The third-order valence-corrected chi connectivity index (χ3v) is 4.28. The Morgan fingerprint density at radius 1 is 1.25 bits per heavy atom. The molecule has 0 amide bonds. The van der Waals surface area contributed by atoms with Crippen molar-refractivity contribution in [3.8, 4) is 11.4 Å². The second-order valence-electron chi connectivity index (χ2n) is 5.98. The minimum atomic E-state index is -0.192. The van der Waals surface area contributed by atoms with Crippen LogP contribution in [0.15, 0.2) is 16.7 Å². The number of nitrogens with zero attached hydrogens (tertiary/aromatic N) is 3. The molecular formula is C15H20N4O. The van der Waals surface area contributed by atoms with E-state index in [0.29, 0.717) is 11.7 Å². The van der Waals surface area contributed by atoms with E-state index < -0.39 is 0 Å². The molecule has 2 unspecified atom stereocenters. The summed E-state index contributed by atoms with van der Waals surface area (Å²) in [5.41, 5.74) is 8.86. The summed E-state index contributed by atoms with van der Waals surface area (Å²) in [6.07, 6.45) is 3.13. The molecule has 20 heavy (non-hydrogen) atoms. The van der Waals surface area contributed by atoms with Gasteiger partial charge in [0.15, 0.2) is 0 Å². The zero-order valence-electron chi connectivity index (χ0n) is 12.2. The number of pyridine rings is 1. The highest BCUT2D eigenvalue weighted by molar-refractivity contribution is 5.55. The molecule has 0 saturated heterocycles. The van der Waals surface area contributed by atoms with Crippen LogP contribution in [0.2, 0.25) is 0 Å². The fourth-order valence-electron chi connectivity index (χ4n) is 2.99. The van der Waals surface area contributed by atoms with E-state index in [4.69, 9.17) is 10.3 Å². The van der Waals surface area contributed by atoms with Gasteiger partial charge in [0.2, 0.25) is 11.7 Å². The first-order valence-corrected chi connectivity index (χ1v) is 7.04. The molecule has 1 aliphatic carbocycles. The van der Waals surface area contributed by atoms with Gasteiger partial charge in [0.1, 0.15) is 0 Å². The zero-order valence-corrected chi connectivity index (χ0v) is 12.2. The van der Waals surface area contributed by atoms with Crippen LogP contribution in [-0.4, -0.2) is 21.2 Å². The molecule has 1 aliphatic rings. The second-order valence-corrected chi connectivity index (χ2v) is 5.98. The number of rotatable bonds is 2. The molecule has 106 valence electrons. The average molecular weight is 272 g/mol. The number of hydrogen-bond donors (Lipinski definition) is 1. The maximum absolute atomic E-state index is 6.20. The van der Waals surface area contributed by atoms with Gasteiger partial charge in [-0.05, 0) is 45.7 Å². The largest absolute Gasteiger partial charge is 0.338 e. The molecule has 1 fully saturated rings. The maximum atomic E-state index is 6.20. The van der Waals surface area contributed by atoms with Gasteiger partial charge in [0, 0.05) is 23.0 Å². The third-order valence-electron chi connectivity index (χ3n) is 4.28. The van der Waals surface area contributed by atoms with Gasteiger partial charge in [0.25, 0.3) is 0 Å². The molecular weight excluding hydrogens is 252 g/mol. The quantitative estimate of drug-likeness (QED) is 0.908. The fourth-order valence-corrected chi connectivity index (χ4v) is 2.99. The van der Waals surface area contributed by atoms with Crippen molar-refractivity contribution >= 4 is 0 Å². The number of aryl methyl sites for hydroxylation is 2. The van der Waals surface area contributed by atoms with Gasteiger partial charge in [-0.2, -0.15) is 4.98 Å². The summed E-state index contributed by atoms with van der Waals surface area (Å²) in [4.78, 5) is 8.94. The highest BCUT2D eigenvalue weighted by Crippen LogP contribution is 2.39. The Hall–Kier alpha value is -1.75. The Labute approximate surface area is 118 Å². The van der Waals surface area contributed by atoms with Crippen LogP contribution in [0.5, 0.6) is 0 Å². The molecule has 5 heteroatoms. The Balaban J connectivity index is 1.98. The van der Waals surface area contributed by atoms with Crippen LogP contribution in [0.1, 0.15) is 43.5 Å². The van der Waals surface area contributed by atoms with E-state index in [0.717, 1.165) is 36.2 Å². The Kier molecular flexibility index (Phi) is 3.09. The van der Waals surface area contributed by atoms with Crippen molar-refractivity contribution in [3.63, 3.8) is 0 Å². The van der Waals surface area contributed by atoms with E-state index in [9.17, 15) is 0 Å². The van der Waals surface area contributed by atoms with Crippen LogP contribution in [0.4, 0.5) is 0 Å². The number of hydrogen-bond acceptors (Lipinski definition) is 5. The normalized spacial score (nSPS) is 26.1. The summed E-state index contributed by atoms with van der Waals surface area (Å²) in [5, 5.41) is 4.12. The minimum absolute atomic E-state index is 0.0942. The topological polar surface area (TPSA) is 77.8 Å². The van der Waals surface area contributed by atoms with Gasteiger partial charge in [0.05, 0.1) is 5.41 Å². The van der Waals surface area contributed by atoms with Gasteiger partial charge in [-0.1, -0.05) is 11.6 Å². The van der Waals surface area contributed by atoms with Gasteiger partial charge in [-0.15, -0.1) is 0 Å². The van der Waals surface area contributed by atoms with Crippen LogP contribution < -0.4 is 5.73 Å². The van der Waals surface area contributed by atoms with Crippen molar-refractivity contribution in [1.29, 1.82) is 0 Å². The molecule has 2 aromatic rings. The van der Waals surface area contributed by atoms with Crippen LogP contribution in [0.3, 0.4) is 0 Å². The number of aromatic nitrogens is 3. The van der Waals surface area contributed by atoms with Crippen LogP contribution in [0.25, 0.3) is 11.4 Å². The molecule has 0 bridgehead atoms. The van der Waals surface area contributed by atoms with E-state index in [-0.39, 0.29) is 11.5 Å². The first-order valence-electron chi connectivity index (χ1n) is 7.04. The van der Waals surface area contributed by atoms with Crippen molar-refractivity contribution in [2.24, 2.45) is 5.73 Å². The van der Waals surface area contributed by atoms with Crippen LogP contribution in [-0.2, 0) is 5.41 Å². The molecule has 1 saturated carbocycles. The highest BCUT2D eigenvalue weighted by Gasteiger charge is 2.42. The molecule has 0 aromatic carbocycles. The minimum Gasteiger partial charge on any atom is -0.338 e. The lowest BCUT2D eigenvalue weighted by atomic mass is 9.85. The highest BCUT2D eigenvalue weighted by atomic mass is 16.5. The van der Waals surface area contributed by atoms with Crippen molar-refractivity contribution in [2.75, 3.05) is 0 Å². The molecule has 5 nitrogen and oxygen atoms in total. The summed E-state index contributed by atoms with van der Waals surface area (Å²) < 4.78 is 5.49. The van der Waals surface area contributed by atoms with Crippen LogP contribution >= 0.6 is 0 Å². The van der Waals surface area contributed by atoms with Crippen molar-refractivity contribution in [2.45, 2.75) is 51.5 Å². The molecule has 3 rings (SSSR count). The van der Waals surface area contributed by atoms with Crippen molar-refractivity contribution < 1.29 is 4.52 Å². The lowest BCUT2D eigenvalue weighted by molar-refractivity contribution is 0.278. The van der Waals surface area contributed by atoms with E-state index in [1.165, 1.54) is 0 Å². The summed E-state index contributed by atoms with van der Waals surface area (Å²) in [6, 6.07) is 4.04. The monoisotopic (exact) mass is 272 g/mol. The standard InChI is InChI=1S/C15H20N4O/c1-9-7-11(8-10(2)17-9)13-18-14(20-19-13)15(3)6-4-5-12(15)16/h7-8,12H,4-6,16H2,1-3H3. The summed E-state index contributed by atoms with van der Waals surface area (Å²) >= 11 is 0. The predicted molar refractivity (Wildman–Crippen MR) is 76.2 cm³/mol. The lowest BCUT2D eigenvalue weighted by Gasteiger charge is -2.23. The lowest BCUT2D eigenvalue weighted by Crippen LogP contribution is -2.38. The molecule has 2 N–H and O–H groups in total. The number of nitrogens with two attached hydrogens (primary N) is 1. The average Bonchev–Trinajstić information content (AvgIpc) is 2.97. The Bertz CT molecular complexity index is 616. The van der Waals surface area contributed by atoms with Gasteiger partial charge in [-0.3, -0.25) is 4.98 Å². The smallest absolute Gasteiger partial charge is 0.234 e. The fraction of sp³-hybridized carbons (Fsp3) is 0.533. The molecule has 0 aliphatic heterocycles. The van der Waals surface area contributed by atoms with E-state index >= 15 is 0 Å². The molecule has 2 heterocycles. The molecule has 2 aromatic heterocycles. The maximum Gasteiger partial charge on any atom is 0.234 e. The van der Waals surface area contributed by atoms with E-state index in [1.807, 2.05) is 26.0 Å². The predicted octanol–water partition coefficient (Wildman–Crippen LogP) is 2.52. The molecule has 2 atom stereocenters. The van der Waals surface area contributed by atoms with Crippen LogP contribution in [0, 0.1) is 13.8 Å². The second kappa shape index (κ2) is 4.66. The Morgan fingerprint density at radius 3 is 2.55 bits per heavy atom. The van der Waals surface area contributed by atoms with Gasteiger partial charge >= 0.3 is 0 Å². The zero-order chi connectivity index (χ0) is 14.3. The first kappa shape index (κ1) is 13.2. The van der Waals surface area contributed by atoms with Crippen molar-refractivity contribution in [3.05, 3.63) is 29.4 Å². The molecule has 0 radical (unpaired) electrons. The summed E-state index contributed by atoms with van der Waals surface area (Å²) in [6.45, 7) is 6.04. The third kappa shape index (κ3) is 2.12. The summed E-state index contributed by atoms with van der Waals surface area (Å²) in [5.74, 6) is 1.28. The van der Waals surface area contributed by atoms with E-state index in [2.05, 4.69) is 22.0 Å². The summed E-state index contributed by atoms with van der Waals surface area (Å²) in [7, 11) is 0. The van der Waals surface area contributed by atoms with Gasteiger partial charge < -0.3 is 10.3 Å². The first-order chi connectivity index (χ1) is 9.49. The Morgan fingerprint density at radius 2 is 1.95 bits per heavy atom. The van der Waals surface area contributed by atoms with E-state index in [1.54, 1.807) is 0 Å².